The van der Waals surface area contributed by atoms with Crippen LogP contribution in [0.3, 0.4) is 0 Å². The van der Waals surface area contributed by atoms with Crippen molar-refractivity contribution in [2.45, 2.75) is 45.7 Å². The molecule has 0 saturated carbocycles. The molecule has 0 spiro atoms. The molecule has 2 N–H and O–H groups in total. The number of imidazole rings is 1. The quantitative estimate of drug-likeness (QED) is 0.796. The van der Waals surface area contributed by atoms with Crippen molar-refractivity contribution in [3.63, 3.8) is 0 Å². The number of unbranched alkanes of at least 4 members (excludes halogenated alkanes) is 1. The monoisotopic (exact) mass is 309 g/mol. The van der Waals surface area contributed by atoms with Gasteiger partial charge in [0.1, 0.15) is 11.6 Å². The van der Waals surface area contributed by atoms with Crippen LogP contribution in [0.2, 0.25) is 5.15 Å². The van der Waals surface area contributed by atoms with Crippen LogP contribution in [0.25, 0.3) is 0 Å². The number of hydrogen-bond donors (Lipinski definition) is 2. The third-order valence-corrected chi connectivity index (χ3v) is 3.79. The van der Waals surface area contributed by atoms with Gasteiger partial charge in [-0.05, 0) is 31.0 Å². The zero-order valence-electron chi connectivity index (χ0n) is 12.4. The van der Waals surface area contributed by atoms with E-state index in [1.54, 1.807) is 12.1 Å². The third-order valence-electron chi connectivity index (χ3n) is 3.48. The van der Waals surface area contributed by atoms with Gasteiger partial charge in [-0.2, -0.15) is 0 Å². The molecule has 114 valence electrons. The van der Waals surface area contributed by atoms with Crippen molar-refractivity contribution in [2.75, 3.05) is 0 Å². The average molecular weight is 310 g/mol. The standard InChI is InChI=1S/C16H21ClFN3/c1-3-4-8-15-20-14(16(17)21-15)10-19-11(2)12-6-5-7-13(18)9-12/h5-7,9,11,19H,3-4,8,10H2,1-2H3,(H,20,21)/t11-/m1/s1. The van der Waals surface area contributed by atoms with Crippen molar-refractivity contribution < 1.29 is 4.39 Å². The molecule has 0 fully saturated rings. The molecule has 0 aliphatic heterocycles. The van der Waals surface area contributed by atoms with E-state index < -0.39 is 0 Å². The smallest absolute Gasteiger partial charge is 0.151 e. The van der Waals surface area contributed by atoms with Gasteiger partial charge in [-0.15, -0.1) is 0 Å². The SMILES string of the molecule is CCCCc1nc(Cl)c(CN[C@H](C)c2cccc(F)c2)[nH]1. The Labute approximate surface area is 129 Å². The summed E-state index contributed by atoms with van der Waals surface area (Å²) < 4.78 is 13.2. The fraction of sp³-hybridized carbons (Fsp3) is 0.438. The van der Waals surface area contributed by atoms with Crippen molar-refractivity contribution in [1.29, 1.82) is 0 Å². The largest absolute Gasteiger partial charge is 0.344 e. The summed E-state index contributed by atoms with van der Waals surface area (Å²) in [5, 5.41) is 3.84. The first kappa shape index (κ1) is 16.0. The average Bonchev–Trinajstić information content (AvgIpc) is 2.83. The number of rotatable bonds is 7. The summed E-state index contributed by atoms with van der Waals surface area (Å²) in [5.41, 5.74) is 1.79. The minimum absolute atomic E-state index is 0.0409. The Morgan fingerprint density at radius 2 is 2.24 bits per heavy atom. The molecule has 1 aromatic heterocycles. The topological polar surface area (TPSA) is 40.7 Å². The van der Waals surface area contributed by atoms with Crippen LogP contribution < -0.4 is 5.32 Å². The maximum Gasteiger partial charge on any atom is 0.151 e. The summed E-state index contributed by atoms with van der Waals surface area (Å²) in [7, 11) is 0. The predicted octanol–water partition coefficient (Wildman–Crippen LogP) is 4.40. The lowest BCUT2D eigenvalue weighted by Crippen LogP contribution is -2.18. The van der Waals surface area contributed by atoms with Gasteiger partial charge in [0.25, 0.3) is 0 Å². The van der Waals surface area contributed by atoms with Crippen LogP contribution in [0, 0.1) is 5.82 Å². The number of aryl methyl sites for hydroxylation is 1. The van der Waals surface area contributed by atoms with Crippen molar-refractivity contribution in [3.05, 3.63) is 52.3 Å². The van der Waals surface area contributed by atoms with Crippen molar-refractivity contribution >= 4 is 11.6 Å². The maximum atomic E-state index is 13.2. The Balaban J connectivity index is 1.94. The fourth-order valence-corrected chi connectivity index (χ4v) is 2.38. The molecule has 3 nitrogen and oxygen atoms in total. The molecule has 0 amide bonds. The van der Waals surface area contributed by atoms with Crippen molar-refractivity contribution in [3.8, 4) is 0 Å². The minimum atomic E-state index is -0.220. The second-order valence-corrected chi connectivity index (χ2v) is 5.57. The fourth-order valence-electron chi connectivity index (χ4n) is 2.17. The van der Waals surface area contributed by atoms with Gasteiger partial charge in [0.2, 0.25) is 0 Å². The first-order valence-corrected chi connectivity index (χ1v) is 7.70. The van der Waals surface area contributed by atoms with Gasteiger partial charge < -0.3 is 10.3 Å². The van der Waals surface area contributed by atoms with Crippen LogP contribution in [0.4, 0.5) is 4.39 Å². The van der Waals surface area contributed by atoms with E-state index in [9.17, 15) is 4.39 Å². The van der Waals surface area contributed by atoms with Crippen LogP contribution >= 0.6 is 11.6 Å². The molecule has 0 radical (unpaired) electrons. The molecule has 5 heteroatoms. The van der Waals surface area contributed by atoms with E-state index in [1.165, 1.54) is 6.07 Å². The Morgan fingerprint density at radius 1 is 1.43 bits per heavy atom. The first-order chi connectivity index (χ1) is 10.1. The molecule has 2 aromatic rings. The van der Waals surface area contributed by atoms with E-state index >= 15 is 0 Å². The van der Waals surface area contributed by atoms with Gasteiger partial charge in [-0.25, -0.2) is 9.37 Å². The lowest BCUT2D eigenvalue weighted by Gasteiger charge is -2.13. The van der Waals surface area contributed by atoms with E-state index in [-0.39, 0.29) is 11.9 Å². The summed E-state index contributed by atoms with van der Waals surface area (Å²) in [6.07, 6.45) is 3.13. The number of halogens is 2. The molecule has 1 atom stereocenters. The lowest BCUT2D eigenvalue weighted by atomic mass is 10.1. The van der Waals surface area contributed by atoms with Gasteiger partial charge in [0, 0.05) is 19.0 Å². The number of aromatic amines is 1. The lowest BCUT2D eigenvalue weighted by molar-refractivity contribution is 0.560. The molecule has 2 rings (SSSR count). The van der Waals surface area contributed by atoms with Gasteiger partial charge in [0.05, 0.1) is 5.69 Å². The highest BCUT2D eigenvalue weighted by molar-refractivity contribution is 6.30. The molecule has 21 heavy (non-hydrogen) atoms. The molecule has 0 aliphatic carbocycles. The summed E-state index contributed by atoms with van der Waals surface area (Å²) in [6, 6.07) is 6.65. The Kier molecular flexibility index (Phi) is 5.76. The van der Waals surface area contributed by atoms with Crippen LogP contribution in [-0.2, 0) is 13.0 Å². The van der Waals surface area contributed by atoms with Crippen molar-refractivity contribution in [2.24, 2.45) is 0 Å². The molecule has 0 saturated heterocycles. The van der Waals surface area contributed by atoms with E-state index in [0.717, 1.165) is 36.3 Å². The molecule has 0 bridgehead atoms. The predicted molar refractivity (Wildman–Crippen MR) is 83.9 cm³/mol. The highest BCUT2D eigenvalue weighted by Gasteiger charge is 2.10. The number of nitrogens with zero attached hydrogens (tertiary/aromatic N) is 1. The van der Waals surface area contributed by atoms with E-state index in [4.69, 9.17) is 11.6 Å². The number of aromatic nitrogens is 2. The summed E-state index contributed by atoms with van der Waals surface area (Å²) in [5.74, 6) is 0.708. The number of nitrogens with one attached hydrogen (secondary N) is 2. The molecule has 1 heterocycles. The zero-order chi connectivity index (χ0) is 15.2. The van der Waals surface area contributed by atoms with Crippen molar-refractivity contribution in [1.82, 2.24) is 15.3 Å². The Hall–Kier alpha value is -1.39. The van der Waals surface area contributed by atoms with E-state index in [0.29, 0.717) is 11.7 Å². The van der Waals surface area contributed by atoms with Crippen LogP contribution in [0.15, 0.2) is 24.3 Å². The molecule has 0 aliphatic rings. The number of hydrogen-bond acceptors (Lipinski definition) is 2. The Bertz CT molecular complexity index is 583. The minimum Gasteiger partial charge on any atom is -0.344 e. The maximum absolute atomic E-state index is 13.2. The third kappa shape index (κ3) is 4.55. The van der Waals surface area contributed by atoms with Gasteiger partial charge in [-0.1, -0.05) is 37.1 Å². The van der Waals surface area contributed by atoms with Crippen LogP contribution in [0.1, 0.15) is 49.8 Å². The van der Waals surface area contributed by atoms with Crippen LogP contribution in [-0.4, -0.2) is 9.97 Å². The normalized spacial score (nSPS) is 12.6. The second kappa shape index (κ2) is 7.57. The molecular weight excluding hydrogens is 289 g/mol. The molecule has 0 unspecified atom stereocenters. The van der Waals surface area contributed by atoms with E-state index in [1.807, 2.05) is 13.0 Å². The van der Waals surface area contributed by atoms with E-state index in [2.05, 4.69) is 22.2 Å². The molecular formula is C16H21ClFN3. The summed E-state index contributed by atoms with van der Waals surface area (Å²) in [6.45, 7) is 4.72. The summed E-state index contributed by atoms with van der Waals surface area (Å²) in [4.78, 5) is 7.58. The zero-order valence-corrected chi connectivity index (χ0v) is 13.2. The number of benzene rings is 1. The summed E-state index contributed by atoms with van der Waals surface area (Å²) >= 11 is 6.14. The molecule has 1 aromatic carbocycles. The van der Waals surface area contributed by atoms with Gasteiger partial charge in [0.15, 0.2) is 5.15 Å². The first-order valence-electron chi connectivity index (χ1n) is 7.32. The van der Waals surface area contributed by atoms with Gasteiger partial charge >= 0.3 is 0 Å². The number of H-pyrrole nitrogens is 1. The van der Waals surface area contributed by atoms with Crippen LogP contribution in [0.5, 0.6) is 0 Å². The van der Waals surface area contributed by atoms with Gasteiger partial charge in [-0.3, -0.25) is 0 Å². The second-order valence-electron chi connectivity index (χ2n) is 5.21. The highest BCUT2D eigenvalue weighted by atomic mass is 35.5. The Morgan fingerprint density at radius 3 is 2.95 bits per heavy atom. The highest BCUT2D eigenvalue weighted by Crippen LogP contribution is 2.17.